The zero-order valence-corrected chi connectivity index (χ0v) is 15.8. The Morgan fingerprint density at radius 2 is 1.89 bits per heavy atom. The number of nitrogens with zero attached hydrogens (tertiary/aromatic N) is 1. The Morgan fingerprint density at radius 1 is 1.11 bits per heavy atom. The molecule has 140 valence electrons. The van der Waals surface area contributed by atoms with Crippen molar-refractivity contribution in [2.24, 2.45) is 0 Å². The third-order valence-corrected chi connectivity index (χ3v) is 5.16. The zero-order valence-electron chi connectivity index (χ0n) is 15.8. The van der Waals surface area contributed by atoms with Gasteiger partial charge in [-0.25, -0.2) is 0 Å². The van der Waals surface area contributed by atoms with E-state index in [0.29, 0.717) is 6.61 Å². The number of rotatable bonds is 5. The molecule has 2 aliphatic rings. The molecule has 4 heteroatoms. The molecule has 0 spiro atoms. The van der Waals surface area contributed by atoms with Crippen LogP contribution in [0.3, 0.4) is 0 Å². The lowest BCUT2D eigenvalue weighted by Crippen LogP contribution is -2.44. The third-order valence-electron chi connectivity index (χ3n) is 5.16. The van der Waals surface area contributed by atoms with Crippen LogP contribution >= 0.6 is 0 Å². The van der Waals surface area contributed by atoms with Crippen molar-refractivity contribution in [3.05, 3.63) is 72.0 Å². The molecule has 2 aromatic carbocycles. The number of hydrogen-bond acceptors (Lipinski definition) is 4. The molecule has 1 saturated heterocycles. The zero-order chi connectivity index (χ0) is 18.6. The number of piperazine rings is 1. The van der Waals surface area contributed by atoms with Gasteiger partial charge in [-0.1, -0.05) is 36.4 Å². The van der Waals surface area contributed by atoms with Crippen LogP contribution in [0.25, 0.3) is 11.1 Å². The molecule has 4 nitrogen and oxygen atoms in total. The second-order valence-electron chi connectivity index (χ2n) is 7.09. The van der Waals surface area contributed by atoms with E-state index in [1.165, 1.54) is 5.56 Å². The van der Waals surface area contributed by atoms with E-state index >= 15 is 0 Å². The van der Waals surface area contributed by atoms with Gasteiger partial charge in [0, 0.05) is 49.9 Å². The van der Waals surface area contributed by atoms with E-state index < -0.39 is 0 Å². The summed E-state index contributed by atoms with van der Waals surface area (Å²) in [6.45, 7) is 12.3. The van der Waals surface area contributed by atoms with Crippen LogP contribution in [0.5, 0.6) is 11.5 Å². The van der Waals surface area contributed by atoms with Gasteiger partial charge in [0.1, 0.15) is 18.1 Å². The summed E-state index contributed by atoms with van der Waals surface area (Å²) < 4.78 is 11.8. The van der Waals surface area contributed by atoms with Gasteiger partial charge in [0.05, 0.1) is 6.26 Å². The van der Waals surface area contributed by atoms with Crippen LogP contribution in [0.15, 0.2) is 55.3 Å². The molecule has 0 aromatic heterocycles. The van der Waals surface area contributed by atoms with Gasteiger partial charge in [-0.3, -0.25) is 4.90 Å². The lowest BCUT2D eigenvalue weighted by atomic mass is 9.92. The molecule has 0 atom stereocenters. The summed E-state index contributed by atoms with van der Waals surface area (Å²) >= 11 is 0. The van der Waals surface area contributed by atoms with Crippen molar-refractivity contribution in [3.63, 3.8) is 0 Å². The Hall–Kier alpha value is -2.56. The van der Waals surface area contributed by atoms with Crippen LogP contribution in [-0.4, -0.2) is 44.2 Å². The summed E-state index contributed by atoms with van der Waals surface area (Å²) in [4.78, 5) is 2.42. The molecule has 2 heterocycles. The maximum Gasteiger partial charge on any atom is 0.138 e. The average molecular weight is 362 g/mol. The molecule has 2 aromatic rings. The standard InChI is InChI=1S/C23H26N2O2/c1-17-3-5-19(6-4-17)22-16-27-23-15-20(7-8-21(23)18(22)2)26-14-13-25-11-9-24-10-12-25/h3-8,15-16,24H,2,9-14H2,1H3. The Morgan fingerprint density at radius 3 is 2.67 bits per heavy atom. The first-order valence-electron chi connectivity index (χ1n) is 9.54. The number of nitrogens with one attached hydrogen (secondary N) is 1. The summed E-state index contributed by atoms with van der Waals surface area (Å²) in [5, 5.41) is 3.37. The van der Waals surface area contributed by atoms with Crippen LogP contribution < -0.4 is 14.8 Å². The molecule has 27 heavy (non-hydrogen) atoms. The van der Waals surface area contributed by atoms with Crippen LogP contribution in [0.2, 0.25) is 0 Å². The second kappa shape index (κ2) is 7.99. The topological polar surface area (TPSA) is 33.7 Å². The van der Waals surface area contributed by atoms with Crippen molar-refractivity contribution >= 4 is 11.1 Å². The SMILES string of the molecule is C=C1C(c2ccc(C)cc2)=COc2cc(OCCN3CCNCC3)ccc21. The van der Waals surface area contributed by atoms with Crippen molar-refractivity contribution in [1.29, 1.82) is 0 Å². The molecule has 0 bridgehead atoms. The Labute approximate surface area is 161 Å². The Kier molecular flexibility index (Phi) is 5.28. The highest BCUT2D eigenvalue weighted by Gasteiger charge is 2.19. The summed E-state index contributed by atoms with van der Waals surface area (Å²) in [7, 11) is 0. The first-order chi connectivity index (χ1) is 13.2. The highest BCUT2D eigenvalue weighted by atomic mass is 16.5. The number of benzene rings is 2. The first kappa shape index (κ1) is 17.8. The van der Waals surface area contributed by atoms with Crippen molar-refractivity contribution in [3.8, 4) is 11.5 Å². The number of allylic oxidation sites excluding steroid dienone is 2. The van der Waals surface area contributed by atoms with Crippen LogP contribution in [-0.2, 0) is 0 Å². The number of aryl methyl sites for hydroxylation is 1. The number of hydrogen-bond donors (Lipinski definition) is 1. The molecular formula is C23H26N2O2. The molecule has 4 rings (SSSR count). The molecule has 0 amide bonds. The van der Waals surface area contributed by atoms with Crippen molar-refractivity contribution < 1.29 is 9.47 Å². The van der Waals surface area contributed by atoms with Gasteiger partial charge in [0.2, 0.25) is 0 Å². The summed E-state index contributed by atoms with van der Waals surface area (Å²) in [6.07, 6.45) is 1.79. The third kappa shape index (κ3) is 4.07. The summed E-state index contributed by atoms with van der Waals surface area (Å²) in [5.41, 5.74) is 5.38. The van der Waals surface area contributed by atoms with Crippen LogP contribution in [0.1, 0.15) is 16.7 Å². The summed E-state index contributed by atoms with van der Waals surface area (Å²) in [5.74, 6) is 1.64. The molecule has 0 radical (unpaired) electrons. The average Bonchev–Trinajstić information content (AvgIpc) is 2.70. The molecule has 0 unspecified atom stereocenters. The van der Waals surface area contributed by atoms with E-state index in [1.807, 2.05) is 18.2 Å². The van der Waals surface area contributed by atoms with Crippen LogP contribution in [0, 0.1) is 6.92 Å². The van der Waals surface area contributed by atoms with Gasteiger partial charge in [-0.15, -0.1) is 0 Å². The molecular weight excluding hydrogens is 336 g/mol. The van der Waals surface area contributed by atoms with Gasteiger partial charge in [-0.05, 0) is 30.2 Å². The van der Waals surface area contributed by atoms with Gasteiger partial charge < -0.3 is 14.8 Å². The lowest BCUT2D eigenvalue weighted by molar-refractivity contribution is 0.191. The predicted molar refractivity (Wildman–Crippen MR) is 110 cm³/mol. The quantitative estimate of drug-likeness (QED) is 0.879. The second-order valence-corrected chi connectivity index (χ2v) is 7.09. The van der Waals surface area contributed by atoms with E-state index in [1.54, 1.807) is 6.26 Å². The Balaban J connectivity index is 1.41. The normalized spacial score (nSPS) is 17.1. The van der Waals surface area contributed by atoms with Gasteiger partial charge >= 0.3 is 0 Å². The minimum absolute atomic E-state index is 0.685. The van der Waals surface area contributed by atoms with Crippen molar-refractivity contribution in [1.82, 2.24) is 10.2 Å². The van der Waals surface area contributed by atoms with Crippen molar-refractivity contribution in [2.45, 2.75) is 6.92 Å². The van der Waals surface area contributed by atoms with Crippen LogP contribution in [0.4, 0.5) is 0 Å². The minimum atomic E-state index is 0.685. The largest absolute Gasteiger partial charge is 0.492 e. The monoisotopic (exact) mass is 362 g/mol. The predicted octanol–water partition coefficient (Wildman–Crippen LogP) is 3.73. The van der Waals surface area contributed by atoms with E-state index in [-0.39, 0.29) is 0 Å². The minimum Gasteiger partial charge on any atom is -0.492 e. The first-order valence-corrected chi connectivity index (χ1v) is 9.54. The maximum atomic E-state index is 5.94. The smallest absolute Gasteiger partial charge is 0.138 e. The maximum absolute atomic E-state index is 5.94. The fourth-order valence-electron chi connectivity index (χ4n) is 3.48. The van der Waals surface area contributed by atoms with Crippen molar-refractivity contribution in [2.75, 3.05) is 39.3 Å². The fraction of sp³-hybridized carbons (Fsp3) is 0.304. The number of fused-ring (bicyclic) bond motifs is 1. The highest BCUT2D eigenvalue weighted by Crippen LogP contribution is 2.40. The van der Waals surface area contributed by atoms with E-state index in [4.69, 9.17) is 9.47 Å². The van der Waals surface area contributed by atoms with Gasteiger partial charge in [-0.2, -0.15) is 0 Å². The lowest BCUT2D eigenvalue weighted by Gasteiger charge is -2.27. The Bertz CT molecular complexity index is 849. The fourth-order valence-corrected chi connectivity index (χ4v) is 3.48. The molecule has 0 saturated carbocycles. The molecule has 0 aliphatic carbocycles. The van der Waals surface area contributed by atoms with Gasteiger partial charge in [0.15, 0.2) is 0 Å². The summed E-state index contributed by atoms with van der Waals surface area (Å²) in [6, 6.07) is 14.4. The van der Waals surface area contributed by atoms with E-state index in [0.717, 1.165) is 66.5 Å². The van der Waals surface area contributed by atoms with E-state index in [9.17, 15) is 0 Å². The highest BCUT2D eigenvalue weighted by molar-refractivity contribution is 6.06. The number of ether oxygens (including phenoxy) is 2. The molecule has 2 aliphatic heterocycles. The molecule has 1 N–H and O–H groups in total. The van der Waals surface area contributed by atoms with E-state index in [2.05, 4.69) is 48.0 Å². The van der Waals surface area contributed by atoms with Gasteiger partial charge in [0.25, 0.3) is 0 Å². The molecule has 1 fully saturated rings.